The van der Waals surface area contributed by atoms with Crippen molar-refractivity contribution in [3.8, 4) is 0 Å². The number of hydrogen-bond donors (Lipinski definition) is 3. The topological polar surface area (TPSA) is 104 Å². The number of nitro groups is 1. The van der Waals surface area contributed by atoms with Crippen LogP contribution in [0.4, 0.5) is 0 Å². The highest BCUT2D eigenvalue weighted by Gasteiger charge is 2.38. The monoisotopic (exact) mass is 165 g/mol. The summed E-state index contributed by atoms with van der Waals surface area (Å²) in [5.41, 5.74) is -2.18. The molecule has 6 nitrogen and oxygen atoms in total. The lowest BCUT2D eigenvalue weighted by molar-refractivity contribution is -0.628. The fourth-order valence-corrected chi connectivity index (χ4v) is 0.666. The molecular weight excluding hydrogens is 154 g/mol. The van der Waals surface area contributed by atoms with Crippen LogP contribution in [-0.4, -0.2) is 39.2 Å². The number of aliphatic hydroxyl groups excluding tert-OH is 2. The number of hydrogen-bond acceptors (Lipinski definition) is 5. The summed E-state index contributed by atoms with van der Waals surface area (Å²) in [4.78, 5) is 9.23. The van der Waals surface area contributed by atoms with Crippen LogP contribution in [0.1, 0.15) is 12.8 Å². The Balaban J connectivity index is 4.13. The molecule has 0 fully saturated rings. The lowest BCUT2D eigenvalue weighted by Crippen LogP contribution is -2.39. The lowest BCUT2D eigenvalue weighted by Gasteiger charge is -2.16. The summed E-state index contributed by atoms with van der Waals surface area (Å²) < 4.78 is 0. The van der Waals surface area contributed by atoms with Crippen LogP contribution in [0.3, 0.4) is 0 Å². The molecule has 0 atom stereocenters. The van der Waals surface area contributed by atoms with Gasteiger partial charge in [-0.1, -0.05) is 0 Å². The van der Waals surface area contributed by atoms with Gasteiger partial charge in [0.25, 0.3) is 0 Å². The maximum absolute atomic E-state index is 10.1. The van der Waals surface area contributed by atoms with Gasteiger partial charge in [0.05, 0.1) is 31.0 Å². The first-order chi connectivity index (χ1) is 5.06. The molecular formula is C5H11NO5. The highest BCUT2D eigenvalue weighted by molar-refractivity contribution is 4.64. The van der Waals surface area contributed by atoms with Crippen molar-refractivity contribution in [3.63, 3.8) is 0 Å². The first kappa shape index (κ1) is 10.3. The number of aliphatic hydroxyl groups is 3. The van der Waals surface area contributed by atoms with Gasteiger partial charge in [-0.15, -0.1) is 0 Å². The van der Waals surface area contributed by atoms with E-state index in [2.05, 4.69) is 0 Å². The van der Waals surface area contributed by atoms with E-state index in [1.165, 1.54) is 0 Å². The highest BCUT2D eigenvalue weighted by Crippen LogP contribution is 2.14. The Morgan fingerprint density at radius 3 is 1.82 bits per heavy atom. The van der Waals surface area contributed by atoms with Gasteiger partial charge in [-0.05, 0) is 0 Å². The van der Waals surface area contributed by atoms with Crippen molar-refractivity contribution in [2.75, 3.05) is 13.2 Å². The molecule has 0 aromatic carbocycles. The van der Waals surface area contributed by atoms with Crippen molar-refractivity contribution in [1.82, 2.24) is 0 Å². The molecule has 0 saturated heterocycles. The summed E-state index contributed by atoms with van der Waals surface area (Å²) in [6, 6.07) is 0. The van der Waals surface area contributed by atoms with Crippen molar-refractivity contribution in [2.24, 2.45) is 0 Å². The molecule has 0 heterocycles. The normalized spacial score (nSPS) is 11.5. The number of nitrogens with zero attached hydrogens (tertiary/aromatic N) is 1. The minimum Gasteiger partial charge on any atom is -0.396 e. The third-order valence-corrected chi connectivity index (χ3v) is 1.36. The minimum absolute atomic E-state index is 0.361. The molecule has 0 amide bonds. The van der Waals surface area contributed by atoms with Gasteiger partial charge >= 0.3 is 5.72 Å². The summed E-state index contributed by atoms with van der Waals surface area (Å²) in [6.45, 7) is -0.949. The van der Waals surface area contributed by atoms with E-state index in [-0.39, 0.29) is 12.8 Å². The summed E-state index contributed by atoms with van der Waals surface area (Å²) in [5.74, 6) is 0. The Labute approximate surface area is 63.2 Å². The first-order valence-electron chi connectivity index (χ1n) is 3.15. The summed E-state index contributed by atoms with van der Waals surface area (Å²) in [6.07, 6.45) is -0.721. The van der Waals surface area contributed by atoms with Crippen molar-refractivity contribution >= 4 is 0 Å². The molecule has 6 heteroatoms. The van der Waals surface area contributed by atoms with Crippen LogP contribution in [0.25, 0.3) is 0 Å². The van der Waals surface area contributed by atoms with E-state index in [1.54, 1.807) is 0 Å². The van der Waals surface area contributed by atoms with E-state index in [1.807, 2.05) is 0 Å². The largest absolute Gasteiger partial charge is 0.396 e. The molecule has 0 rings (SSSR count). The molecule has 0 spiro atoms. The van der Waals surface area contributed by atoms with E-state index in [9.17, 15) is 10.1 Å². The second-order valence-electron chi connectivity index (χ2n) is 2.19. The molecule has 3 N–H and O–H groups in total. The van der Waals surface area contributed by atoms with E-state index < -0.39 is 23.9 Å². The van der Waals surface area contributed by atoms with E-state index in [0.29, 0.717) is 0 Å². The van der Waals surface area contributed by atoms with E-state index in [0.717, 1.165) is 0 Å². The van der Waals surface area contributed by atoms with Crippen LogP contribution in [-0.2, 0) is 0 Å². The zero-order valence-electron chi connectivity index (χ0n) is 5.93. The van der Waals surface area contributed by atoms with Gasteiger partial charge in [0.1, 0.15) is 0 Å². The predicted octanol–water partition coefficient (Wildman–Crippen LogP) is -1.28. The molecule has 0 aliphatic rings. The van der Waals surface area contributed by atoms with Crippen LogP contribution in [0.15, 0.2) is 0 Å². The van der Waals surface area contributed by atoms with Crippen molar-refractivity contribution in [1.29, 1.82) is 0 Å². The highest BCUT2D eigenvalue weighted by atomic mass is 16.7. The minimum atomic E-state index is -2.18. The zero-order valence-corrected chi connectivity index (χ0v) is 5.93. The average molecular weight is 165 g/mol. The Morgan fingerprint density at radius 1 is 1.27 bits per heavy atom. The van der Waals surface area contributed by atoms with Gasteiger partial charge in [0.15, 0.2) is 0 Å². The standard InChI is InChI=1S/C5H11NO5/c7-3-1-5(9,2-4-8)6(10)11/h7-9H,1-4H2. The third kappa shape index (κ3) is 2.79. The van der Waals surface area contributed by atoms with E-state index in [4.69, 9.17) is 15.3 Å². The second kappa shape index (κ2) is 4.22. The van der Waals surface area contributed by atoms with Crippen LogP contribution in [0.2, 0.25) is 0 Å². The molecule has 0 bridgehead atoms. The smallest absolute Gasteiger partial charge is 0.326 e. The van der Waals surface area contributed by atoms with Crippen molar-refractivity contribution in [3.05, 3.63) is 10.1 Å². The molecule has 0 aromatic heterocycles. The Bertz CT molecular complexity index is 131. The van der Waals surface area contributed by atoms with Crippen molar-refractivity contribution in [2.45, 2.75) is 18.6 Å². The van der Waals surface area contributed by atoms with Gasteiger partial charge in [-0.2, -0.15) is 0 Å². The molecule has 0 aliphatic carbocycles. The maximum Gasteiger partial charge on any atom is 0.326 e. The molecule has 0 radical (unpaired) electrons. The Hall–Kier alpha value is -0.720. The predicted molar refractivity (Wildman–Crippen MR) is 35.3 cm³/mol. The third-order valence-electron chi connectivity index (χ3n) is 1.36. The van der Waals surface area contributed by atoms with Gasteiger partial charge in [0.2, 0.25) is 0 Å². The van der Waals surface area contributed by atoms with Crippen LogP contribution in [0.5, 0.6) is 0 Å². The summed E-state index contributed by atoms with van der Waals surface area (Å²) >= 11 is 0. The average Bonchev–Trinajstić information content (AvgIpc) is 1.88. The molecule has 0 unspecified atom stereocenters. The van der Waals surface area contributed by atoms with Crippen molar-refractivity contribution < 1.29 is 20.2 Å². The maximum atomic E-state index is 10.1. The van der Waals surface area contributed by atoms with E-state index >= 15 is 0 Å². The summed E-state index contributed by atoms with van der Waals surface area (Å²) in [5, 5.41) is 35.9. The van der Waals surface area contributed by atoms with Crippen LogP contribution < -0.4 is 0 Å². The number of rotatable bonds is 5. The fourth-order valence-electron chi connectivity index (χ4n) is 0.666. The first-order valence-corrected chi connectivity index (χ1v) is 3.15. The molecule has 0 aromatic rings. The fraction of sp³-hybridized carbons (Fsp3) is 1.00. The molecule has 11 heavy (non-hydrogen) atoms. The van der Waals surface area contributed by atoms with Gasteiger partial charge in [0, 0.05) is 0 Å². The van der Waals surface area contributed by atoms with Gasteiger partial charge < -0.3 is 15.3 Å². The molecule has 0 saturated carbocycles. The second-order valence-corrected chi connectivity index (χ2v) is 2.19. The van der Waals surface area contributed by atoms with Gasteiger partial charge in [-0.25, -0.2) is 0 Å². The quantitative estimate of drug-likeness (QED) is 0.267. The molecule has 66 valence electrons. The lowest BCUT2D eigenvalue weighted by atomic mass is 10.1. The summed E-state index contributed by atoms with van der Waals surface area (Å²) in [7, 11) is 0. The Morgan fingerprint density at radius 2 is 1.64 bits per heavy atom. The van der Waals surface area contributed by atoms with Crippen LogP contribution in [0, 0.1) is 10.1 Å². The van der Waals surface area contributed by atoms with Gasteiger partial charge in [-0.3, -0.25) is 10.1 Å². The van der Waals surface area contributed by atoms with Crippen LogP contribution >= 0.6 is 0 Å². The zero-order chi connectivity index (χ0) is 8.91. The molecule has 0 aliphatic heterocycles. The Kier molecular flexibility index (Phi) is 3.94. The SMILES string of the molecule is O=[N+]([O-])C(O)(CCO)CCO.